The Morgan fingerprint density at radius 3 is 3.00 bits per heavy atom. The van der Waals surface area contributed by atoms with Crippen LogP contribution in [0.5, 0.6) is 0 Å². The van der Waals surface area contributed by atoms with E-state index >= 15 is 0 Å². The molecule has 0 saturated carbocycles. The summed E-state index contributed by atoms with van der Waals surface area (Å²) in [6, 6.07) is 7.94. The van der Waals surface area contributed by atoms with Gasteiger partial charge in [-0.1, -0.05) is 13.0 Å². The summed E-state index contributed by atoms with van der Waals surface area (Å²) in [5, 5.41) is 3.98. The minimum atomic E-state index is 0.0463. The highest BCUT2D eigenvalue weighted by atomic mass is 16.1. The van der Waals surface area contributed by atoms with Crippen molar-refractivity contribution in [1.82, 2.24) is 4.98 Å². The van der Waals surface area contributed by atoms with Crippen molar-refractivity contribution in [3.05, 3.63) is 36.0 Å². The maximum absolute atomic E-state index is 11.6. The quantitative estimate of drug-likeness (QED) is 0.875. The molecule has 0 unspecified atom stereocenters. The number of anilines is 1. The smallest absolute Gasteiger partial charge is 0.224 e. The number of hydrogen-bond donors (Lipinski definition) is 1. The zero-order valence-electron chi connectivity index (χ0n) is 10.2. The molecule has 2 aromatic rings. The third-order valence-electron chi connectivity index (χ3n) is 2.60. The molecule has 17 heavy (non-hydrogen) atoms. The predicted molar refractivity (Wildman–Crippen MR) is 70.0 cm³/mol. The Bertz CT molecular complexity index is 549. The van der Waals surface area contributed by atoms with Crippen LogP contribution in [0.25, 0.3) is 10.9 Å². The molecular weight excluding hydrogens is 212 g/mol. The van der Waals surface area contributed by atoms with Gasteiger partial charge >= 0.3 is 0 Å². The lowest BCUT2D eigenvalue weighted by Crippen LogP contribution is -2.11. The monoisotopic (exact) mass is 228 g/mol. The lowest BCUT2D eigenvalue weighted by atomic mass is 10.1. The van der Waals surface area contributed by atoms with E-state index < -0.39 is 0 Å². The van der Waals surface area contributed by atoms with Crippen molar-refractivity contribution in [2.75, 3.05) is 5.32 Å². The lowest BCUT2D eigenvalue weighted by Gasteiger charge is -2.08. The van der Waals surface area contributed by atoms with Gasteiger partial charge < -0.3 is 5.32 Å². The second-order valence-electron chi connectivity index (χ2n) is 4.19. The number of nitrogens with zero attached hydrogens (tertiary/aromatic N) is 1. The van der Waals surface area contributed by atoms with Gasteiger partial charge in [-0.3, -0.25) is 9.78 Å². The van der Waals surface area contributed by atoms with E-state index in [9.17, 15) is 4.79 Å². The first-order chi connectivity index (χ1) is 8.20. The molecule has 0 atom stereocenters. The van der Waals surface area contributed by atoms with E-state index in [2.05, 4.69) is 16.4 Å². The highest BCUT2D eigenvalue weighted by molar-refractivity contribution is 6.00. The van der Waals surface area contributed by atoms with Crippen molar-refractivity contribution in [3.63, 3.8) is 0 Å². The second kappa shape index (κ2) is 4.95. The maximum Gasteiger partial charge on any atom is 0.224 e. The Morgan fingerprint density at radius 1 is 1.41 bits per heavy atom. The highest BCUT2D eigenvalue weighted by Gasteiger charge is 2.06. The van der Waals surface area contributed by atoms with Gasteiger partial charge in [-0.15, -0.1) is 0 Å². The summed E-state index contributed by atoms with van der Waals surface area (Å²) in [5.41, 5.74) is 2.78. The number of fused-ring (bicyclic) bond motifs is 1. The number of nitrogens with one attached hydrogen (secondary N) is 1. The van der Waals surface area contributed by atoms with Crippen LogP contribution >= 0.6 is 0 Å². The Kier molecular flexibility index (Phi) is 3.38. The van der Waals surface area contributed by atoms with Crippen LogP contribution in [0.2, 0.25) is 0 Å². The minimum Gasteiger partial charge on any atom is -0.324 e. The molecule has 0 radical (unpaired) electrons. The van der Waals surface area contributed by atoms with Crippen LogP contribution in [-0.4, -0.2) is 10.9 Å². The van der Waals surface area contributed by atoms with Crippen LogP contribution in [0.15, 0.2) is 30.5 Å². The van der Waals surface area contributed by atoms with Crippen molar-refractivity contribution in [2.24, 2.45) is 0 Å². The van der Waals surface area contributed by atoms with Crippen molar-refractivity contribution in [3.8, 4) is 0 Å². The summed E-state index contributed by atoms with van der Waals surface area (Å²) in [5.74, 6) is 0.0463. The van der Waals surface area contributed by atoms with Gasteiger partial charge in [-0.05, 0) is 37.1 Å². The van der Waals surface area contributed by atoms with E-state index in [0.29, 0.717) is 6.42 Å². The number of pyridine rings is 1. The van der Waals surface area contributed by atoms with Crippen LogP contribution in [0.1, 0.15) is 25.3 Å². The number of aromatic nitrogens is 1. The molecule has 1 heterocycles. The van der Waals surface area contributed by atoms with Gasteiger partial charge in [0.2, 0.25) is 5.91 Å². The SMILES string of the molecule is CCCC(=O)Nc1cc(C)cc2cccnc12. The van der Waals surface area contributed by atoms with E-state index in [1.54, 1.807) is 6.20 Å². The van der Waals surface area contributed by atoms with Crippen molar-refractivity contribution in [2.45, 2.75) is 26.7 Å². The Labute approximate surface area is 101 Å². The summed E-state index contributed by atoms with van der Waals surface area (Å²) in [6.45, 7) is 4.01. The number of benzene rings is 1. The highest BCUT2D eigenvalue weighted by Crippen LogP contribution is 2.23. The number of rotatable bonds is 3. The molecule has 0 spiro atoms. The predicted octanol–water partition coefficient (Wildman–Crippen LogP) is 3.28. The van der Waals surface area contributed by atoms with E-state index in [4.69, 9.17) is 0 Å². The summed E-state index contributed by atoms with van der Waals surface area (Å²) in [4.78, 5) is 15.9. The largest absolute Gasteiger partial charge is 0.324 e. The van der Waals surface area contributed by atoms with Crippen LogP contribution in [-0.2, 0) is 4.79 Å². The molecule has 1 amide bonds. The summed E-state index contributed by atoms with van der Waals surface area (Å²) in [6.07, 6.45) is 3.14. The average molecular weight is 228 g/mol. The first-order valence-corrected chi connectivity index (χ1v) is 5.86. The number of amides is 1. The normalized spacial score (nSPS) is 10.5. The van der Waals surface area contributed by atoms with Gasteiger partial charge in [-0.2, -0.15) is 0 Å². The van der Waals surface area contributed by atoms with E-state index in [1.807, 2.05) is 32.0 Å². The molecule has 88 valence electrons. The molecule has 0 bridgehead atoms. The number of carbonyl (C=O) groups excluding carboxylic acids is 1. The topological polar surface area (TPSA) is 42.0 Å². The molecule has 2 rings (SSSR count). The number of hydrogen-bond acceptors (Lipinski definition) is 2. The Morgan fingerprint density at radius 2 is 2.24 bits per heavy atom. The van der Waals surface area contributed by atoms with E-state index in [1.165, 1.54) is 0 Å². The van der Waals surface area contributed by atoms with Gasteiger partial charge in [0.15, 0.2) is 0 Å². The zero-order valence-corrected chi connectivity index (χ0v) is 10.2. The fourth-order valence-corrected chi connectivity index (χ4v) is 1.88. The van der Waals surface area contributed by atoms with Gasteiger partial charge in [0, 0.05) is 18.0 Å². The van der Waals surface area contributed by atoms with Crippen molar-refractivity contribution < 1.29 is 4.79 Å². The van der Waals surface area contributed by atoms with Crippen molar-refractivity contribution >= 4 is 22.5 Å². The number of carbonyl (C=O) groups is 1. The molecule has 0 aliphatic heterocycles. The van der Waals surface area contributed by atoms with Crippen LogP contribution in [0.4, 0.5) is 5.69 Å². The third-order valence-corrected chi connectivity index (χ3v) is 2.60. The zero-order chi connectivity index (χ0) is 12.3. The first kappa shape index (κ1) is 11.6. The van der Waals surface area contributed by atoms with Gasteiger partial charge in [0.05, 0.1) is 11.2 Å². The van der Waals surface area contributed by atoms with Crippen LogP contribution in [0, 0.1) is 6.92 Å². The van der Waals surface area contributed by atoms with Crippen LogP contribution in [0.3, 0.4) is 0 Å². The molecule has 0 aliphatic carbocycles. The molecular formula is C14H16N2O. The summed E-state index contributed by atoms with van der Waals surface area (Å²) in [7, 11) is 0. The molecule has 1 aromatic heterocycles. The molecule has 3 heteroatoms. The summed E-state index contributed by atoms with van der Waals surface area (Å²) < 4.78 is 0. The molecule has 0 saturated heterocycles. The van der Waals surface area contributed by atoms with Gasteiger partial charge in [0.1, 0.15) is 0 Å². The Hall–Kier alpha value is -1.90. The van der Waals surface area contributed by atoms with E-state index in [0.717, 1.165) is 28.6 Å². The molecule has 0 aliphatic rings. The van der Waals surface area contributed by atoms with Gasteiger partial charge in [-0.25, -0.2) is 0 Å². The minimum absolute atomic E-state index is 0.0463. The van der Waals surface area contributed by atoms with Gasteiger partial charge in [0.25, 0.3) is 0 Å². The lowest BCUT2D eigenvalue weighted by molar-refractivity contribution is -0.116. The van der Waals surface area contributed by atoms with Crippen molar-refractivity contribution in [1.29, 1.82) is 0 Å². The number of aryl methyl sites for hydroxylation is 1. The van der Waals surface area contributed by atoms with E-state index in [-0.39, 0.29) is 5.91 Å². The molecule has 1 N–H and O–H groups in total. The third kappa shape index (κ3) is 2.61. The fraction of sp³-hybridized carbons (Fsp3) is 0.286. The first-order valence-electron chi connectivity index (χ1n) is 5.86. The average Bonchev–Trinajstić information content (AvgIpc) is 2.29. The molecule has 3 nitrogen and oxygen atoms in total. The maximum atomic E-state index is 11.6. The standard InChI is InChI=1S/C14H16N2O/c1-3-5-13(17)16-12-9-10(2)8-11-6-4-7-15-14(11)12/h4,6-9H,3,5H2,1-2H3,(H,16,17). The Balaban J connectivity index is 2.42. The molecule has 1 aromatic carbocycles. The van der Waals surface area contributed by atoms with Crippen LogP contribution < -0.4 is 5.32 Å². The fourth-order valence-electron chi connectivity index (χ4n) is 1.88. The second-order valence-corrected chi connectivity index (χ2v) is 4.19. The molecule has 0 fully saturated rings. The summed E-state index contributed by atoms with van der Waals surface area (Å²) >= 11 is 0.